The van der Waals surface area contributed by atoms with Gasteiger partial charge in [-0.25, -0.2) is 0 Å². The molecule has 5 nitrogen and oxygen atoms in total. The molecule has 0 saturated heterocycles. The molecule has 3 aromatic rings. The van der Waals surface area contributed by atoms with Gasteiger partial charge in [-0.15, -0.1) is 10.2 Å². The summed E-state index contributed by atoms with van der Waals surface area (Å²) >= 11 is 2.82. The quantitative estimate of drug-likeness (QED) is 0.618. The van der Waals surface area contributed by atoms with Gasteiger partial charge >= 0.3 is 0 Å². The van der Waals surface area contributed by atoms with Crippen LogP contribution in [-0.2, 0) is 11.2 Å². The lowest BCUT2D eigenvalue weighted by atomic mass is 10.0. The van der Waals surface area contributed by atoms with Gasteiger partial charge in [-0.05, 0) is 23.6 Å². The van der Waals surface area contributed by atoms with E-state index in [1.165, 1.54) is 28.7 Å². The molecule has 2 N–H and O–H groups in total. The van der Waals surface area contributed by atoms with Crippen LogP contribution in [0.2, 0.25) is 0 Å². The van der Waals surface area contributed by atoms with E-state index in [4.69, 9.17) is 0 Å². The Balaban J connectivity index is 1.61. The molecule has 0 aliphatic rings. The van der Waals surface area contributed by atoms with E-state index in [0.717, 1.165) is 27.1 Å². The molecule has 1 heterocycles. The predicted molar refractivity (Wildman–Crippen MR) is 104 cm³/mol. The molecule has 3 rings (SSSR count). The fourth-order valence-electron chi connectivity index (χ4n) is 2.29. The van der Waals surface area contributed by atoms with Crippen LogP contribution in [0.1, 0.15) is 11.1 Å². The normalized spacial score (nSPS) is 10.4. The molecule has 0 aliphatic heterocycles. The van der Waals surface area contributed by atoms with E-state index in [-0.39, 0.29) is 5.91 Å². The van der Waals surface area contributed by atoms with Gasteiger partial charge in [0.2, 0.25) is 11.0 Å². The minimum absolute atomic E-state index is 0.0493. The maximum Gasteiger partial charge on any atom is 0.234 e. The molecule has 128 valence electrons. The highest BCUT2D eigenvalue weighted by Crippen LogP contribution is 2.25. The van der Waals surface area contributed by atoms with Crippen molar-refractivity contribution in [3.8, 4) is 0 Å². The first-order valence-electron chi connectivity index (χ1n) is 7.80. The summed E-state index contributed by atoms with van der Waals surface area (Å²) in [6.45, 7) is 0. The van der Waals surface area contributed by atoms with E-state index in [9.17, 15) is 4.79 Å². The van der Waals surface area contributed by atoms with Gasteiger partial charge in [-0.3, -0.25) is 4.79 Å². The molecule has 0 bridgehead atoms. The highest BCUT2D eigenvalue weighted by atomic mass is 32.2. The van der Waals surface area contributed by atoms with Crippen LogP contribution in [0.4, 0.5) is 10.8 Å². The van der Waals surface area contributed by atoms with Crippen LogP contribution in [-0.4, -0.2) is 28.9 Å². The molecule has 0 fully saturated rings. The number of carbonyl (C=O) groups is 1. The van der Waals surface area contributed by atoms with Crippen molar-refractivity contribution < 1.29 is 4.79 Å². The third-order valence-corrected chi connectivity index (χ3v) is 5.55. The van der Waals surface area contributed by atoms with Crippen molar-refractivity contribution in [2.45, 2.75) is 10.8 Å². The van der Waals surface area contributed by atoms with Crippen LogP contribution in [0.15, 0.2) is 58.9 Å². The first-order valence-corrected chi connectivity index (χ1v) is 9.60. The van der Waals surface area contributed by atoms with Crippen molar-refractivity contribution in [3.05, 3.63) is 65.7 Å². The number of amides is 1. The van der Waals surface area contributed by atoms with Gasteiger partial charge in [0, 0.05) is 12.7 Å². The lowest BCUT2D eigenvalue weighted by Crippen LogP contribution is -2.15. The largest absolute Gasteiger partial charge is 0.363 e. The standard InChI is InChI=1S/C18H18N4OS2/c1-19-17-21-22-18(25-17)24-12-16(23)20-15-10-6-5-9-14(15)11-13-7-3-2-4-8-13/h2-10H,11-12H2,1H3,(H,19,21)(H,20,23). The smallest absolute Gasteiger partial charge is 0.234 e. The van der Waals surface area contributed by atoms with Gasteiger partial charge in [-0.1, -0.05) is 71.6 Å². The Hall–Kier alpha value is -2.38. The van der Waals surface area contributed by atoms with E-state index in [1.807, 2.05) is 42.5 Å². The first kappa shape index (κ1) is 17.4. The first-order chi connectivity index (χ1) is 12.2. The average Bonchev–Trinajstić information content (AvgIpc) is 3.11. The number of aromatic nitrogens is 2. The second kappa shape index (κ2) is 8.64. The van der Waals surface area contributed by atoms with Crippen molar-refractivity contribution in [3.63, 3.8) is 0 Å². The van der Waals surface area contributed by atoms with Gasteiger partial charge < -0.3 is 10.6 Å². The monoisotopic (exact) mass is 370 g/mol. The van der Waals surface area contributed by atoms with Gasteiger partial charge in [0.1, 0.15) is 0 Å². The number of para-hydroxylation sites is 1. The van der Waals surface area contributed by atoms with E-state index in [2.05, 4.69) is 33.0 Å². The maximum absolute atomic E-state index is 12.3. The summed E-state index contributed by atoms with van der Waals surface area (Å²) < 4.78 is 0.775. The number of thioether (sulfide) groups is 1. The van der Waals surface area contributed by atoms with E-state index in [0.29, 0.717) is 5.75 Å². The average molecular weight is 371 g/mol. The zero-order valence-corrected chi connectivity index (χ0v) is 15.4. The number of carbonyl (C=O) groups excluding carboxylic acids is 1. The summed E-state index contributed by atoms with van der Waals surface area (Å²) in [4.78, 5) is 12.3. The Morgan fingerprint density at radius 2 is 1.84 bits per heavy atom. The highest BCUT2D eigenvalue weighted by molar-refractivity contribution is 8.01. The molecule has 1 amide bonds. The SMILES string of the molecule is CNc1nnc(SCC(=O)Nc2ccccc2Cc2ccccc2)s1. The lowest BCUT2D eigenvalue weighted by molar-refractivity contribution is -0.113. The zero-order valence-electron chi connectivity index (χ0n) is 13.7. The Morgan fingerprint density at radius 1 is 1.08 bits per heavy atom. The molecule has 0 unspecified atom stereocenters. The molecular formula is C18H18N4OS2. The lowest BCUT2D eigenvalue weighted by Gasteiger charge is -2.11. The molecule has 2 aromatic carbocycles. The van der Waals surface area contributed by atoms with Crippen molar-refractivity contribution in [2.75, 3.05) is 23.4 Å². The molecule has 25 heavy (non-hydrogen) atoms. The number of hydrogen-bond acceptors (Lipinski definition) is 6. The summed E-state index contributed by atoms with van der Waals surface area (Å²) in [5, 5.41) is 14.7. The zero-order chi connectivity index (χ0) is 17.5. The Morgan fingerprint density at radius 3 is 2.60 bits per heavy atom. The van der Waals surface area contributed by atoms with E-state index < -0.39 is 0 Å². The predicted octanol–water partition coefficient (Wildman–Crippen LogP) is 3.90. The summed E-state index contributed by atoms with van der Waals surface area (Å²) in [5.41, 5.74) is 3.16. The second-order valence-corrected chi connectivity index (χ2v) is 7.48. The molecule has 0 spiro atoms. The van der Waals surface area contributed by atoms with Gasteiger partial charge in [-0.2, -0.15) is 0 Å². The van der Waals surface area contributed by atoms with Gasteiger partial charge in [0.15, 0.2) is 4.34 Å². The van der Waals surface area contributed by atoms with Crippen LogP contribution in [0.25, 0.3) is 0 Å². The van der Waals surface area contributed by atoms with Crippen LogP contribution < -0.4 is 10.6 Å². The molecule has 0 aliphatic carbocycles. The van der Waals surface area contributed by atoms with Crippen LogP contribution in [0.3, 0.4) is 0 Å². The molecule has 7 heteroatoms. The highest BCUT2D eigenvalue weighted by Gasteiger charge is 2.10. The minimum Gasteiger partial charge on any atom is -0.363 e. The number of benzene rings is 2. The topological polar surface area (TPSA) is 66.9 Å². The number of hydrogen-bond donors (Lipinski definition) is 2. The number of rotatable bonds is 7. The van der Waals surface area contributed by atoms with Gasteiger partial charge in [0.05, 0.1) is 5.75 Å². The third-order valence-electron chi connectivity index (χ3n) is 3.48. The molecule has 1 aromatic heterocycles. The summed E-state index contributed by atoms with van der Waals surface area (Å²) in [6.07, 6.45) is 0.784. The molecule has 0 saturated carbocycles. The summed E-state index contributed by atoms with van der Waals surface area (Å²) in [6, 6.07) is 18.1. The minimum atomic E-state index is -0.0493. The Kier molecular flexibility index (Phi) is 6.03. The molecule has 0 atom stereocenters. The fourth-order valence-corrected chi connectivity index (χ4v) is 3.80. The molecular weight excluding hydrogens is 352 g/mol. The second-order valence-electron chi connectivity index (χ2n) is 5.28. The number of nitrogens with one attached hydrogen (secondary N) is 2. The maximum atomic E-state index is 12.3. The van der Waals surface area contributed by atoms with Crippen LogP contribution in [0, 0.1) is 0 Å². The summed E-state index contributed by atoms with van der Waals surface area (Å²) in [7, 11) is 1.80. The van der Waals surface area contributed by atoms with E-state index >= 15 is 0 Å². The number of nitrogens with zero attached hydrogens (tertiary/aromatic N) is 2. The number of anilines is 2. The van der Waals surface area contributed by atoms with Crippen molar-refractivity contribution in [1.82, 2.24) is 10.2 Å². The summed E-state index contributed by atoms with van der Waals surface area (Å²) in [5.74, 6) is 0.254. The van der Waals surface area contributed by atoms with Crippen LogP contribution >= 0.6 is 23.1 Å². The van der Waals surface area contributed by atoms with Crippen molar-refractivity contribution in [1.29, 1.82) is 0 Å². The third kappa shape index (κ3) is 5.04. The van der Waals surface area contributed by atoms with Crippen LogP contribution in [0.5, 0.6) is 0 Å². The van der Waals surface area contributed by atoms with E-state index in [1.54, 1.807) is 7.05 Å². The fraction of sp³-hybridized carbons (Fsp3) is 0.167. The Bertz CT molecular complexity index is 836. The van der Waals surface area contributed by atoms with Crippen molar-refractivity contribution in [2.24, 2.45) is 0 Å². The van der Waals surface area contributed by atoms with Gasteiger partial charge in [0.25, 0.3) is 0 Å². The van der Waals surface area contributed by atoms with Crippen molar-refractivity contribution >= 4 is 39.8 Å². The Labute approximate surface area is 154 Å². The molecule has 0 radical (unpaired) electrons.